The van der Waals surface area contributed by atoms with Gasteiger partial charge in [0.05, 0.1) is 7.11 Å². The first-order valence-electron chi connectivity index (χ1n) is 10.3. The van der Waals surface area contributed by atoms with E-state index >= 15 is 0 Å². The first kappa shape index (κ1) is 23.2. The first-order valence-corrected chi connectivity index (χ1v) is 11.7. The number of ether oxygens (including phenoxy) is 1. The highest BCUT2D eigenvalue weighted by Gasteiger charge is 2.34. The molecule has 3 rings (SSSR count). The largest absolute Gasteiger partial charge is 0.495 e. The van der Waals surface area contributed by atoms with E-state index in [9.17, 15) is 17.6 Å². The Morgan fingerprint density at radius 1 is 1.13 bits per heavy atom. The van der Waals surface area contributed by atoms with Gasteiger partial charge in [-0.3, -0.25) is 4.79 Å². The van der Waals surface area contributed by atoms with E-state index in [4.69, 9.17) is 4.74 Å². The zero-order valence-electron chi connectivity index (χ0n) is 18.3. The minimum Gasteiger partial charge on any atom is -0.495 e. The van der Waals surface area contributed by atoms with Crippen LogP contribution in [-0.4, -0.2) is 50.8 Å². The minimum atomic E-state index is -3.82. The molecule has 1 saturated heterocycles. The molecular weight excluding hydrogens is 419 g/mol. The summed E-state index contributed by atoms with van der Waals surface area (Å²) in [4.78, 5) is 14.4. The molecule has 2 unspecified atom stereocenters. The lowest BCUT2D eigenvalue weighted by Crippen LogP contribution is -2.42. The first-order chi connectivity index (χ1) is 14.6. The minimum absolute atomic E-state index is 0.00247. The van der Waals surface area contributed by atoms with Crippen LogP contribution < -0.4 is 4.74 Å². The predicted molar refractivity (Wildman–Crippen MR) is 117 cm³/mol. The van der Waals surface area contributed by atoms with Gasteiger partial charge in [-0.05, 0) is 54.2 Å². The van der Waals surface area contributed by atoms with Crippen molar-refractivity contribution in [3.8, 4) is 5.75 Å². The van der Waals surface area contributed by atoms with Crippen LogP contribution in [0.5, 0.6) is 5.75 Å². The number of carbonyl (C=O) groups is 1. The van der Waals surface area contributed by atoms with Gasteiger partial charge in [-0.15, -0.1) is 0 Å². The van der Waals surface area contributed by atoms with E-state index < -0.39 is 10.0 Å². The van der Waals surface area contributed by atoms with Crippen molar-refractivity contribution in [2.45, 2.75) is 31.7 Å². The van der Waals surface area contributed by atoms with E-state index in [1.165, 1.54) is 40.6 Å². The molecule has 0 saturated carbocycles. The summed E-state index contributed by atoms with van der Waals surface area (Å²) in [7, 11) is -0.782. The van der Waals surface area contributed by atoms with E-state index in [-0.39, 0.29) is 46.3 Å². The molecule has 2 aromatic rings. The van der Waals surface area contributed by atoms with Gasteiger partial charge in [0.2, 0.25) is 10.0 Å². The lowest BCUT2D eigenvalue weighted by Gasteiger charge is -2.34. The number of halogens is 1. The van der Waals surface area contributed by atoms with Crippen LogP contribution in [0.15, 0.2) is 47.4 Å². The van der Waals surface area contributed by atoms with Crippen molar-refractivity contribution in [1.82, 2.24) is 9.21 Å². The van der Waals surface area contributed by atoms with Crippen LogP contribution in [0.25, 0.3) is 0 Å². The van der Waals surface area contributed by atoms with Crippen LogP contribution >= 0.6 is 0 Å². The smallest absolute Gasteiger partial charge is 0.253 e. The number of methoxy groups -OCH3 is 1. The lowest BCUT2D eigenvalue weighted by atomic mass is 9.94. The molecule has 8 heteroatoms. The van der Waals surface area contributed by atoms with Gasteiger partial charge in [-0.2, -0.15) is 4.31 Å². The number of rotatable bonds is 6. The third kappa shape index (κ3) is 5.25. The highest BCUT2D eigenvalue weighted by atomic mass is 32.2. The topological polar surface area (TPSA) is 66.9 Å². The predicted octanol–water partition coefficient (Wildman–Crippen LogP) is 3.77. The zero-order valence-corrected chi connectivity index (χ0v) is 19.2. The summed E-state index contributed by atoms with van der Waals surface area (Å²) in [6.07, 6.45) is 0.982. The second-order valence-corrected chi connectivity index (χ2v) is 10.3. The van der Waals surface area contributed by atoms with Crippen LogP contribution in [0.3, 0.4) is 0 Å². The molecule has 2 atom stereocenters. The Labute approximate surface area is 183 Å². The van der Waals surface area contributed by atoms with Gasteiger partial charge in [0.25, 0.3) is 5.91 Å². The van der Waals surface area contributed by atoms with E-state index in [2.05, 4.69) is 0 Å². The molecule has 1 aliphatic heterocycles. The lowest BCUT2D eigenvalue weighted by molar-refractivity contribution is 0.0784. The quantitative estimate of drug-likeness (QED) is 0.675. The highest BCUT2D eigenvalue weighted by Crippen LogP contribution is 2.32. The fraction of sp³-hybridized carbons (Fsp3) is 0.435. The molecular formula is C23H29FN2O4S. The van der Waals surface area contributed by atoms with Crippen molar-refractivity contribution in [2.24, 2.45) is 11.8 Å². The number of sulfonamides is 1. The third-order valence-electron chi connectivity index (χ3n) is 5.54. The number of carbonyl (C=O) groups excluding carboxylic acids is 1. The van der Waals surface area contributed by atoms with Gasteiger partial charge < -0.3 is 9.64 Å². The fourth-order valence-electron chi connectivity index (χ4n) is 4.11. The summed E-state index contributed by atoms with van der Waals surface area (Å²) in [5.41, 5.74) is 1.02. The van der Waals surface area contributed by atoms with Gasteiger partial charge in [0, 0.05) is 32.2 Å². The summed E-state index contributed by atoms with van der Waals surface area (Å²) in [6, 6.07) is 10.4. The molecule has 2 aromatic carbocycles. The van der Waals surface area contributed by atoms with Gasteiger partial charge in [-0.25, -0.2) is 12.8 Å². The average molecular weight is 449 g/mol. The van der Waals surface area contributed by atoms with Crippen molar-refractivity contribution < 1.29 is 22.3 Å². The number of amides is 1. The Bertz CT molecular complexity index is 1030. The van der Waals surface area contributed by atoms with Gasteiger partial charge in [-0.1, -0.05) is 26.0 Å². The van der Waals surface area contributed by atoms with Crippen LogP contribution in [-0.2, 0) is 16.6 Å². The van der Waals surface area contributed by atoms with Crippen LogP contribution in [0.4, 0.5) is 4.39 Å². The Balaban J connectivity index is 1.89. The molecule has 31 heavy (non-hydrogen) atoms. The molecule has 0 radical (unpaired) electrons. The molecule has 6 nitrogen and oxygen atoms in total. The van der Waals surface area contributed by atoms with E-state index in [1.807, 2.05) is 13.8 Å². The van der Waals surface area contributed by atoms with Gasteiger partial charge in [0.1, 0.15) is 16.5 Å². The van der Waals surface area contributed by atoms with Crippen LogP contribution in [0.2, 0.25) is 0 Å². The van der Waals surface area contributed by atoms with Gasteiger partial charge in [0.15, 0.2) is 0 Å². The summed E-state index contributed by atoms with van der Waals surface area (Å²) >= 11 is 0. The maximum atomic E-state index is 13.4. The van der Waals surface area contributed by atoms with Crippen molar-refractivity contribution in [2.75, 3.05) is 27.2 Å². The summed E-state index contributed by atoms with van der Waals surface area (Å²) in [5, 5.41) is 0. The SMILES string of the molecule is COc1ccc(C(=O)N(C)Cc2ccc(F)cc2)cc1S(=O)(=O)N1CC(C)CC(C)C1. The Kier molecular flexibility index (Phi) is 7.01. The number of hydrogen-bond donors (Lipinski definition) is 0. The zero-order chi connectivity index (χ0) is 22.8. The molecule has 0 bridgehead atoms. The molecule has 0 aromatic heterocycles. The second-order valence-electron chi connectivity index (χ2n) is 8.42. The molecule has 1 aliphatic rings. The molecule has 0 spiro atoms. The van der Waals surface area contributed by atoms with Crippen LogP contribution in [0, 0.1) is 17.7 Å². The highest BCUT2D eigenvalue weighted by molar-refractivity contribution is 7.89. The fourth-order valence-corrected chi connectivity index (χ4v) is 5.97. The monoisotopic (exact) mass is 448 g/mol. The van der Waals surface area contributed by atoms with Crippen LogP contribution in [0.1, 0.15) is 36.2 Å². The Morgan fingerprint density at radius 2 is 1.74 bits per heavy atom. The van der Waals surface area contributed by atoms with Gasteiger partial charge >= 0.3 is 0 Å². The van der Waals surface area contributed by atoms with E-state index in [1.54, 1.807) is 25.2 Å². The maximum absolute atomic E-state index is 13.4. The molecule has 168 valence electrons. The maximum Gasteiger partial charge on any atom is 0.253 e. The number of nitrogens with zero attached hydrogens (tertiary/aromatic N) is 2. The third-order valence-corrected chi connectivity index (χ3v) is 7.40. The normalized spacial score (nSPS) is 19.8. The van der Waals surface area contributed by atoms with Crippen molar-refractivity contribution in [1.29, 1.82) is 0 Å². The molecule has 0 N–H and O–H groups in total. The Hall–Kier alpha value is -2.45. The summed E-state index contributed by atoms with van der Waals surface area (Å²) < 4.78 is 46.7. The number of hydrogen-bond acceptors (Lipinski definition) is 4. The Morgan fingerprint density at radius 3 is 2.32 bits per heavy atom. The average Bonchev–Trinajstić information content (AvgIpc) is 2.73. The molecule has 0 aliphatic carbocycles. The molecule has 1 amide bonds. The van der Waals surface area contributed by atoms with Crippen molar-refractivity contribution in [3.05, 3.63) is 59.4 Å². The number of piperidine rings is 1. The molecule has 1 fully saturated rings. The van der Waals surface area contributed by atoms with Crippen molar-refractivity contribution in [3.63, 3.8) is 0 Å². The molecule has 1 heterocycles. The standard InChI is InChI=1S/C23H29FN2O4S/c1-16-11-17(2)14-26(13-16)31(28,29)22-12-19(7-10-21(22)30-4)23(27)25(3)15-18-5-8-20(24)9-6-18/h5-10,12,16-17H,11,13-15H2,1-4H3. The van der Waals surface area contributed by atoms with E-state index in [0.29, 0.717) is 13.1 Å². The summed E-state index contributed by atoms with van der Waals surface area (Å²) in [5.74, 6) is 0.0591. The van der Waals surface area contributed by atoms with Crippen molar-refractivity contribution >= 4 is 15.9 Å². The summed E-state index contributed by atoms with van der Waals surface area (Å²) in [6.45, 7) is 5.24. The van der Waals surface area contributed by atoms with E-state index in [0.717, 1.165) is 12.0 Å². The second kappa shape index (κ2) is 9.36. The number of benzene rings is 2.